The van der Waals surface area contributed by atoms with Gasteiger partial charge in [0.15, 0.2) is 0 Å². The van der Waals surface area contributed by atoms with Crippen LogP contribution in [0.25, 0.3) is 0 Å². The Labute approximate surface area is 129 Å². The summed E-state index contributed by atoms with van der Waals surface area (Å²) in [6.07, 6.45) is -0.729. The van der Waals surface area contributed by atoms with Gasteiger partial charge in [-0.3, -0.25) is 4.18 Å². The largest absolute Gasteiger partial charge is 0.389 e. The fourth-order valence-electron chi connectivity index (χ4n) is 1.79. The van der Waals surface area contributed by atoms with Crippen LogP contribution in [0.5, 0.6) is 0 Å². The molecule has 0 aliphatic heterocycles. The summed E-state index contributed by atoms with van der Waals surface area (Å²) in [6, 6.07) is 9.39. The zero-order valence-corrected chi connectivity index (χ0v) is 13.4. The van der Waals surface area contributed by atoms with E-state index in [4.69, 9.17) is 27.4 Å². The van der Waals surface area contributed by atoms with E-state index in [1.54, 1.807) is 6.92 Å². The van der Waals surface area contributed by atoms with Gasteiger partial charge in [0.05, 0.1) is 6.61 Å². The minimum atomic E-state index is -3.91. The van der Waals surface area contributed by atoms with Gasteiger partial charge in [-0.2, -0.15) is 8.42 Å². The lowest BCUT2D eigenvalue weighted by atomic mass is 10.2. The van der Waals surface area contributed by atoms with Gasteiger partial charge in [0, 0.05) is 0 Å². The monoisotopic (exact) mass is 340 g/mol. The molecule has 1 N–H and O–H groups in total. The summed E-state index contributed by atoms with van der Waals surface area (Å²) in [6.45, 7) is 1.65. The minimum Gasteiger partial charge on any atom is -0.389 e. The number of hydrogen-bond donors (Lipinski definition) is 1. The molecule has 1 aromatic rings. The first-order valence-corrected chi connectivity index (χ1v) is 8.61. The Morgan fingerprint density at radius 2 is 1.85 bits per heavy atom. The van der Waals surface area contributed by atoms with Crippen LogP contribution in [-0.4, -0.2) is 36.3 Å². The van der Waals surface area contributed by atoms with Crippen LogP contribution in [0.1, 0.15) is 18.9 Å². The maximum absolute atomic E-state index is 12.0. The molecule has 0 spiro atoms. The fraction of sp³-hybridized carbons (Fsp3) is 0.538. The SMILES string of the molecule is CC[C@H]([C@@H](O)C(Cl)Cl)S(=O)(=O)OCCc1ccccc1. The van der Waals surface area contributed by atoms with Crippen molar-refractivity contribution < 1.29 is 17.7 Å². The Hall–Kier alpha value is -0.330. The van der Waals surface area contributed by atoms with Crippen molar-refractivity contribution in [1.82, 2.24) is 0 Å². The fourth-order valence-corrected chi connectivity index (χ4v) is 3.71. The van der Waals surface area contributed by atoms with Gasteiger partial charge in [0.25, 0.3) is 10.1 Å². The molecule has 0 amide bonds. The topological polar surface area (TPSA) is 63.6 Å². The van der Waals surface area contributed by atoms with Crippen molar-refractivity contribution in [3.05, 3.63) is 35.9 Å². The molecular weight excluding hydrogens is 323 g/mol. The van der Waals surface area contributed by atoms with Crippen LogP contribution in [0.15, 0.2) is 30.3 Å². The molecule has 1 aromatic carbocycles. The number of aliphatic hydroxyl groups excluding tert-OH is 1. The van der Waals surface area contributed by atoms with E-state index < -0.39 is 26.3 Å². The van der Waals surface area contributed by atoms with Gasteiger partial charge in [-0.25, -0.2) is 0 Å². The number of alkyl halides is 2. The molecule has 0 aliphatic rings. The van der Waals surface area contributed by atoms with Gasteiger partial charge in [0.2, 0.25) is 0 Å². The first-order valence-electron chi connectivity index (χ1n) is 6.27. The van der Waals surface area contributed by atoms with Crippen LogP contribution in [0.4, 0.5) is 0 Å². The molecule has 4 nitrogen and oxygen atoms in total. The van der Waals surface area contributed by atoms with Crippen LogP contribution in [-0.2, 0) is 20.7 Å². The summed E-state index contributed by atoms with van der Waals surface area (Å²) in [5, 5.41) is 8.59. The van der Waals surface area contributed by atoms with Crippen molar-refractivity contribution in [3.8, 4) is 0 Å². The van der Waals surface area contributed by atoms with Gasteiger partial charge in [-0.1, -0.05) is 37.3 Å². The van der Waals surface area contributed by atoms with E-state index in [0.717, 1.165) is 5.56 Å². The van der Waals surface area contributed by atoms with Crippen molar-refractivity contribution in [2.75, 3.05) is 6.61 Å². The molecule has 1 rings (SSSR count). The lowest BCUT2D eigenvalue weighted by Gasteiger charge is -2.21. The predicted molar refractivity (Wildman–Crippen MR) is 80.6 cm³/mol. The van der Waals surface area contributed by atoms with Crippen molar-refractivity contribution in [2.24, 2.45) is 0 Å². The van der Waals surface area contributed by atoms with E-state index in [9.17, 15) is 13.5 Å². The summed E-state index contributed by atoms with van der Waals surface area (Å²) in [4.78, 5) is -1.17. The normalized spacial score (nSPS) is 15.2. The maximum atomic E-state index is 12.0. The molecule has 0 aromatic heterocycles. The second-order valence-corrected chi connectivity index (χ2v) is 7.31. The van der Waals surface area contributed by atoms with Crippen molar-refractivity contribution in [2.45, 2.75) is 36.0 Å². The van der Waals surface area contributed by atoms with Gasteiger partial charge < -0.3 is 5.11 Å². The summed E-state index contributed by atoms with van der Waals surface area (Å²) < 4.78 is 28.9. The predicted octanol–water partition coefficient (Wildman–Crippen LogP) is 2.52. The highest BCUT2D eigenvalue weighted by atomic mass is 35.5. The standard InChI is InChI=1S/C13H18Cl2O4S/c1-2-11(12(16)13(14)15)20(17,18)19-9-8-10-6-4-3-5-7-10/h3-7,11-13,16H,2,8-9H2,1H3/t11-,12-/m1/s1. The Kier molecular flexibility index (Phi) is 7.26. The highest BCUT2D eigenvalue weighted by Gasteiger charge is 2.35. The van der Waals surface area contributed by atoms with Crippen molar-refractivity contribution >= 4 is 33.3 Å². The molecule has 7 heteroatoms. The number of rotatable bonds is 8. The molecule has 0 saturated heterocycles. The van der Waals surface area contributed by atoms with E-state index in [1.807, 2.05) is 30.3 Å². The third-order valence-electron chi connectivity index (χ3n) is 2.89. The summed E-state index contributed by atoms with van der Waals surface area (Å²) in [7, 11) is -3.91. The maximum Gasteiger partial charge on any atom is 0.272 e. The first-order chi connectivity index (χ1) is 9.38. The number of aliphatic hydroxyl groups is 1. The van der Waals surface area contributed by atoms with Crippen molar-refractivity contribution in [3.63, 3.8) is 0 Å². The van der Waals surface area contributed by atoms with Crippen LogP contribution >= 0.6 is 23.2 Å². The van der Waals surface area contributed by atoms with Gasteiger partial charge in [0.1, 0.15) is 16.2 Å². The van der Waals surface area contributed by atoms with E-state index >= 15 is 0 Å². The molecule has 0 heterocycles. The summed E-state index contributed by atoms with van der Waals surface area (Å²) in [5.74, 6) is 0. The Morgan fingerprint density at radius 3 is 2.35 bits per heavy atom. The van der Waals surface area contributed by atoms with Gasteiger partial charge in [-0.15, -0.1) is 23.2 Å². The highest BCUT2D eigenvalue weighted by Crippen LogP contribution is 2.21. The summed E-state index contributed by atoms with van der Waals surface area (Å²) >= 11 is 11.1. The van der Waals surface area contributed by atoms with E-state index in [1.165, 1.54) is 0 Å². The second kappa shape index (κ2) is 8.20. The molecular formula is C13H18Cl2O4S. The van der Waals surface area contributed by atoms with Crippen LogP contribution in [0, 0.1) is 0 Å². The van der Waals surface area contributed by atoms with E-state index in [-0.39, 0.29) is 13.0 Å². The van der Waals surface area contributed by atoms with Gasteiger partial charge in [-0.05, 0) is 18.4 Å². The first kappa shape index (κ1) is 17.7. The average molecular weight is 341 g/mol. The average Bonchev–Trinajstić information content (AvgIpc) is 2.40. The Morgan fingerprint density at radius 1 is 1.25 bits per heavy atom. The number of halogens is 2. The molecule has 0 fully saturated rings. The molecule has 20 heavy (non-hydrogen) atoms. The van der Waals surface area contributed by atoms with Crippen LogP contribution in [0.2, 0.25) is 0 Å². The zero-order valence-electron chi connectivity index (χ0n) is 11.1. The third-order valence-corrected chi connectivity index (χ3v) is 5.26. The second-order valence-electron chi connectivity index (χ2n) is 4.32. The Balaban J connectivity index is 2.60. The van der Waals surface area contributed by atoms with Crippen LogP contribution < -0.4 is 0 Å². The van der Waals surface area contributed by atoms with Crippen molar-refractivity contribution in [1.29, 1.82) is 0 Å². The molecule has 114 valence electrons. The Bertz CT molecular complexity index is 490. The lowest BCUT2D eigenvalue weighted by molar-refractivity contribution is 0.171. The molecule has 0 aliphatic carbocycles. The van der Waals surface area contributed by atoms with E-state index in [0.29, 0.717) is 6.42 Å². The minimum absolute atomic E-state index is 0.0187. The lowest BCUT2D eigenvalue weighted by Crippen LogP contribution is -2.39. The molecule has 0 saturated carbocycles. The number of hydrogen-bond acceptors (Lipinski definition) is 4. The van der Waals surface area contributed by atoms with Gasteiger partial charge >= 0.3 is 0 Å². The molecule has 0 bridgehead atoms. The highest BCUT2D eigenvalue weighted by molar-refractivity contribution is 7.87. The number of benzene rings is 1. The molecule has 0 radical (unpaired) electrons. The quantitative estimate of drug-likeness (QED) is 0.583. The summed E-state index contributed by atoms with van der Waals surface area (Å²) in [5.41, 5.74) is 0.976. The zero-order chi connectivity index (χ0) is 15.2. The smallest absolute Gasteiger partial charge is 0.272 e. The van der Waals surface area contributed by atoms with E-state index in [2.05, 4.69) is 0 Å². The third kappa shape index (κ3) is 5.22. The van der Waals surface area contributed by atoms with Crippen LogP contribution in [0.3, 0.4) is 0 Å². The molecule has 0 unspecified atom stereocenters. The molecule has 2 atom stereocenters.